The number of hydrogen-bond acceptors (Lipinski definition) is 7. The molecule has 4 heterocycles. The molecule has 10 heteroatoms. The number of ether oxygens (including phenoxy) is 1. The van der Waals surface area contributed by atoms with Crippen molar-refractivity contribution in [2.24, 2.45) is 0 Å². The molecule has 2 saturated heterocycles. The highest BCUT2D eigenvalue weighted by molar-refractivity contribution is 6.06. The van der Waals surface area contributed by atoms with Gasteiger partial charge in [0.15, 0.2) is 0 Å². The van der Waals surface area contributed by atoms with E-state index in [1.54, 1.807) is 13.3 Å². The number of nitrogens with one attached hydrogen (secondary N) is 1. The third kappa shape index (κ3) is 4.21. The lowest BCUT2D eigenvalue weighted by atomic mass is 10.0. The zero-order chi connectivity index (χ0) is 23.8. The molecule has 2 aromatic rings. The first kappa shape index (κ1) is 22.3. The molecule has 0 saturated carbocycles. The van der Waals surface area contributed by atoms with Crippen molar-refractivity contribution in [3.63, 3.8) is 0 Å². The summed E-state index contributed by atoms with van der Waals surface area (Å²) in [6.07, 6.45) is 2.27. The molecule has 3 aliphatic heterocycles. The fourth-order valence-corrected chi connectivity index (χ4v) is 4.92. The van der Waals surface area contributed by atoms with Crippen LogP contribution < -0.4 is 15.0 Å². The summed E-state index contributed by atoms with van der Waals surface area (Å²) in [6, 6.07) is 5.84. The molecule has 3 amide bonds. The van der Waals surface area contributed by atoms with Gasteiger partial charge in [-0.1, -0.05) is 6.07 Å². The maximum atomic E-state index is 14.5. The van der Waals surface area contributed by atoms with Gasteiger partial charge in [0.2, 0.25) is 17.7 Å². The van der Waals surface area contributed by atoms with E-state index in [-0.39, 0.29) is 31.2 Å². The van der Waals surface area contributed by atoms with Gasteiger partial charge in [0.25, 0.3) is 5.91 Å². The van der Waals surface area contributed by atoms with E-state index in [9.17, 15) is 18.8 Å². The largest absolute Gasteiger partial charge is 0.481 e. The lowest BCUT2D eigenvalue weighted by Gasteiger charge is -2.37. The van der Waals surface area contributed by atoms with Crippen LogP contribution in [0.4, 0.5) is 10.1 Å². The number of nitrogens with zero attached hydrogens (tertiary/aromatic N) is 4. The van der Waals surface area contributed by atoms with E-state index in [0.29, 0.717) is 30.2 Å². The highest BCUT2D eigenvalue weighted by atomic mass is 19.1. The smallest absolute Gasteiger partial charge is 0.255 e. The van der Waals surface area contributed by atoms with Gasteiger partial charge in [-0.3, -0.25) is 24.6 Å². The van der Waals surface area contributed by atoms with Crippen molar-refractivity contribution in [1.82, 2.24) is 20.1 Å². The van der Waals surface area contributed by atoms with Gasteiger partial charge in [0, 0.05) is 74.8 Å². The summed E-state index contributed by atoms with van der Waals surface area (Å²) in [5.74, 6) is -1.06. The van der Waals surface area contributed by atoms with Crippen molar-refractivity contribution in [2.45, 2.75) is 32.0 Å². The Kier molecular flexibility index (Phi) is 5.91. The Hall–Kier alpha value is -3.53. The van der Waals surface area contributed by atoms with E-state index in [1.807, 2.05) is 12.1 Å². The molecule has 1 N–H and O–H groups in total. The molecule has 9 nitrogen and oxygen atoms in total. The van der Waals surface area contributed by atoms with Crippen LogP contribution >= 0.6 is 0 Å². The molecule has 3 aliphatic rings. The fraction of sp³-hybridized carbons (Fsp3) is 0.417. The highest BCUT2D eigenvalue weighted by Gasteiger charge is 2.41. The highest BCUT2D eigenvalue weighted by Crippen LogP contribution is 2.35. The molecule has 34 heavy (non-hydrogen) atoms. The van der Waals surface area contributed by atoms with Gasteiger partial charge in [0.1, 0.15) is 11.9 Å². The first-order chi connectivity index (χ1) is 16.4. The zero-order valence-corrected chi connectivity index (χ0v) is 18.9. The number of piperidine rings is 1. The maximum absolute atomic E-state index is 14.5. The molecule has 1 unspecified atom stereocenters. The van der Waals surface area contributed by atoms with Gasteiger partial charge in [-0.25, -0.2) is 9.37 Å². The molecule has 2 fully saturated rings. The molecule has 5 rings (SSSR count). The number of pyridine rings is 1. The molecule has 0 bridgehead atoms. The summed E-state index contributed by atoms with van der Waals surface area (Å²) >= 11 is 0. The number of anilines is 1. The predicted molar refractivity (Wildman–Crippen MR) is 121 cm³/mol. The Labute approximate surface area is 196 Å². The van der Waals surface area contributed by atoms with E-state index < -0.39 is 17.8 Å². The summed E-state index contributed by atoms with van der Waals surface area (Å²) in [4.78, 5) is 47.0. The van der Waals surface area contributed by atoms with E-state index in [0.717, 1.165) is 30.8 Å². The number of fused-ring (bicyclic) bond motifs is 1. The van der Waals surface area contributed by atoms with Crippen LogP contribution in [0.2, 0.25) is 0 Å². The number of carbonyl (C=O) groups excluding carboxylic acids is 3. The van der Waals surface area contributed by atoms with Gasteiger partial charge in [0.05, 0.1) is 7.11 Å². The number of aromatic nitrogens is 1. The Morgan fingerprint density at radius 3 is 2.62 bits per heavy atom. The Morgan fingerprint density at radius 2 is 1.94 bits per heavy atom. The SMILES string of the molecule is COc1ccc(CN2CCN(c3cc(F)cc4c3CN(C3CCC(=O)NC3=O)C4=O)CC2)cn1. The minimum atomic E-state index is -0.719. The Balaban J connectivity index is 1.29. The molecule has 1 aromatic carbocycles. The topological polar surface area (TPSA) is 95.1 Å². The van der Waals surface area contributed by atoms with E-state index in [2.05, 4.69) is 20.1 Å². The standard InChI is InChI=1S/C24H26FN5O4/c1-34-22-5-2-15(12-26-22)13-28-6-8-29(9-7-28)20-11-16(25)10-17-18(20)14-30(24(17)33)19-3-4-21(31)27-23(19)32/h2,5,10-12,19H,3-4,6-9,13-14H2,1H3,(H,27,31,32). The fourth-order valence-electron chi connectivity index (χ4n) is 4.92. The van der Waals surface area contributed by atoms with Gasteiger partial charge < -0.3 is 14.5 Å². The molecule has 1 atom stereocenters. The van der Waals surface area contributed by atoms with E-state index in [4.69, 9.17) is 4.74 Å². The Morgan fingerprint density at radius 1 is 1.15 bits per heavy atom. The predicted octanol–water partition coefficient (Wildman–Crippen LogP) is 1.31. The van der Waals surface area contributed by atoms with E-state index in [1.165, 1.54) is 17.0 Å². The quantitative estimate of drug-likeness (QED) is 0.663. The van der Waals surface area contributed by atoms with Crippen molar-refractivity contribution in [3.05, 3.63) is 53.0 Å². The third-order valence-corrected chi connectivity index (χ3v) is 6.72. The number of carbonyl (C=O) groups is 3. The minimum absolute atomic E-state index is 0.184. The number of rotatable bonds is 5. The second-order valence-corrected chi connectivity index (χ2v) is 8.82. The van der Waals surface area contributed by atoms with Gasteiger partial charge in [-0.05, 0) is 24.1 Å². The van der Waals surface area contributed by atoms with Crippen LogP contribution in [-0.4, -0.2) is 71.8 Å². The van der Waals surface area contributed by atoms with Crippen LogP contribution in [-0.2, 0) is 22.7 Å². The van der Waals surface area contributed by atoms with Crippen molar-refractivity contribution >= 4 is 23.4 Å². The zero-order valence-electron chi connectivity index (χ0n) is 18.9. The second kappa shape index (κ2) is 9.02. The summed E-state index contributed by atoms with van der Waals surface area (Å²) in [5, 5.41) is 2.30. The lowest BCUT2D eigenvalue weighted by Crippen LogP contribution is -2.52. The Bertz CT molecular complexity index is 1130. The molecule has 178 valence electrons. The van der Waals surface area contributed by atoms with Gasteiger partial charge in [-0.15, -0.1) is 0 Å². The van der Waals surface area contributed by atoms with Crippen LogP contribution in [0.15, 0.2) is 30.5 Å². The summed E-state index contributed by atoms with van der Waals surface area (Å²) in [5.41, 5.74) is 2.82. The monoisotopic (exact) mass is 467 g/mol. The minimum Gasteiger partial charge on any atom is -0.481 e. The van der Waals surface area contributed by atoms with Gasteiger partial charge in [-0.2, -0.15) is 0 Å². The van der Waals surface area contributed by atoms with E-state index >= 15 is 0 Å². The molecular weight excluding hydrogens is 441 g/mol. The van der Waals surface area contributed by atoms with Crippen LogP contribution in [0, 0.1) is 5.82 Å². The summed E-state index contributed by atoms with van der Waals surface area (Å²) < 4.78 is 19.6. The van der Waals surface area contributed by atoms with Crippen LogP contribution in [0.25, 0.3) is 0 Å². The number of halogens is 1. The summed E-state index contributed by atoms with van der Waals surface area (Å²) in [7, 11) is 1.59. The van der Waals surface area contributed by atoms with Crippen molar-refractivity contribution in [3.8, 4) is 5.88 Å². The molecular formula is C24H26FN5O4. The number of imide groups is 1. The molecule has 1 aromatic heterocycles. The van der Waals surface area contributed by atoms with Crippen LogP contribution in [0.1, 0.15) is 34.3 Å². The average molecular weight is 468 g/mol. The van der Waals surface area contributed by atoms with Crippen molar-refractivity contribution in [1.29, 1.82) is 0 Å². The number of piperazine rings is 1. The third-order valence-electron chi connectivity index (χ3n) is 6.72. The molecule has 0 aliphatic carbocycles. The number of amides is 3. The van der Waals surface area contributed by atoms with Gasteiger partial charge >= 0.3 is 0 Å². The maximum Gasteiger partial charge on any atom is 0.255 e. The average Bonchev–Trinajstić information content (AvgIpc) is 3.15. The first-order valence-corrected chi connectivity index (χ1v) is 11.4. The lowest BCUT2D eigenvalue weighted by molar-refractivity contribution is -0.136. The normalized spacial score (nSPS) is 21.0. The van der Waals surface area contributed by atoms with Crippen LogP contribution in [0.3, 0.4) is 0 Å². The van der Waals surface area contributed by atoms with Crippen molar-refractivity contribution < 1.29 is 23.5 Å². The number of benzene rings is 1. The summed E-state index contributed by atoms with van der Waals surface area (Å²) in [6.45, 7) is 3.92. The second-order valence-electron chi connectivity index (χ2n) is 8.82. The van der Waals surface area contributed by atoms with Crippen molar-refractivity contribution in [2.75, 3.05) is 38.2 Å². The molecule has 0 radical (unpaired) electrons. The molecule has 0 spiro atoms. The number of hydrogen-bond donors (Lipinski definition) is 1. The number of methoxy groups -OCH3 is 1. The van der Waals surface area contributed by atoms with Crippen LogP contribution in [0.5, 0.6) is 5.88 Å². The first-order valence-electron chi connectivity index (χ1n) is 11.4.